The Balaban J connectivity index is 1.84. The van der Waals surface area contributed by atoms with Gasteiger partial charge in [0.2, 0.25) is 0 Å². The zero-order valence-electron chi connectivity index (χ0n) is 11.1. The van der Waals surface area contributed by atoms with Crippen molar-refractivity contribution in [2.24, 2.45) is 11.8 Å². The second kappa shape index (κ2) is 6.56. The lowest BCUT2D eigenvalue weighted by molar-refractivity contribution is 0.255. The molecule has 0 saturated heterocycles. The Labute approximate surface area is 110 Å². The maximum Gasteiger partial charge on any atom is 0.0984 e. The maximum absolute atomic E-state index is 9.31. The quantitative estimate of drug-likeness (QED) is 0.877. The standard InChI is InChI=1S/C16H22N2/c1-13-7-9-15(10-8-13)16(11-17)18-12-14-5-3-2-4-6-14/h2-6,13,15-16,18H,7-10,12H2,1H3. The molecule has 1 saturated carbocycles. The Morgan fingerprint density at radius 3 is 2.50 bits per heavy atom. The lowest BCUT2D eigenvalue weighted by atomic mass is 9.79. The van der Waals surface area contributed by atoms with Crippen LogP contribution in [0.2, 0.25) is 0 Å². The van der Waals surface area contributed by atoms with E-state index in [1.807, 2.05) is 18.2 Å². The van der Waals surface area contributed by atoms with Gasteiger partial charge in [0.05, 0.1) is 12.1 Å². The summed E-state index contributed by atoms with van der Waals surface area (Å²) >= 11 is 0. The van der Waals surface area contributed by atoms with Gasteiger partial charge in [0.15, 0.2) is 0 Å². The fraction of sp³-hybridized carbons (Fsp3) is 0.562. The Kier molecular flexibility index (Phi) is 4.78. The molecule has 2 nitrogen and oxygen atoms in total. The molecule has 1 aromatic rings. The van der Waals surface area contributed by atoms with Gasteiger partial charge in [-0.1, -0.05) is 50.1 Å². The largest absolute Gasteiger partial charge is 0.298 e. The van der Waals surface area contributed by atoms with Crippen LogP contribution < -0.4 is 5.32 Å². The molecule has 1 atom stereocenters. The van der Waals surface area contributed by atoms with Crippen LogP contribution >= 0.6 is 0 Å². The summed E-state index contributed by atoms with van der Waals surface area (Å²) in [4.78, 5) is 0. The van der Waals surface area contributed by atoms with Gasteiger partial charge in [0.25, 0.3) is 0 Å². The molecule has 0 aromatic heterocycles. The van der Waals surface area contributed by atoms with E-state index >= 15 is 0 Å². The summed E-state index contributed by atoms with van der Waals surface area (Å²) in [6.07, 6.45) is 4.94. The van der Waals surface area contributed by atoms with Crippen molar-refractivity contribution in [3.63, 3.8) is 0 Å². The van der Waals surface area contributed by atoms with Crippen molar-refractivity contribution in [3.8, 4) is 6.07 Å². The molecule has 0 amide bonds. The molecule has 0 heterocycles. The molecule has 1 unspecified atom stereocenters. The maximum atomic E-state index is 9.31. The summed E-state index contributed by atoms with van der Waals surface area (Å²) in [5.41, 5.74) is 1.25. The van der Waals surface area contributed by atoms with E-state index in [1.165, 1.54) is 31.2 Å². The van der Waals surface area contributed by atoms with Gasteiger partial charge in [-0.3, -0.25) is 5.32 Å². The Hall–Kier alpha value is -1.33. The van der Waals surface area contributed by atoms with Crippen LogP contribution in [0.15, 0.2) is 30.3 Å². The third kappa shape index (κ3) is 3.58. The number of rotatable bonds is 4. The number of benzene rings is 1. The van der Waals surface area contributed by atoms with Gasteiger partial charge in [0, 0.05) is 6.54 Å². The SMILES string of the molecule is CC1CCC(C(C#N)NCc2ccccc2)CC1. The van der Waals surface area contributed by atoms with Gasteiger partial charge in [0.1, 0.15) is 0 Å². The molecule has 96 valence electrons. The molecule has 1 aliphatic rings. The van der Waals surface area contributed by atoms with Crippen LogP contribution in [0.3, 0.4) is 0 Å². The number of hydrogen-bond acceptors (Lipinski definition) is 2. The zero-order valence-corrected chi connectivity index (χ0v) is 11.1. The first-order chi connectivity index (χ1) is 8.79. The third-order valence-electron chi connectivity index (χ3n) is 4.04. The molecule has 1 aliphatic carbocycles. The van der Waals surface area contributed by atoms with Crippen LogP contribution in [-0.2, 0) is 6.54 Å². The van der Waals surface area contributed by atoms with E-state index in [0.717, 1.165) is 12.5 Å². The highest BCUT2D eigenvalue weighted by atomic mass is 14.9. The van der Waals surface area contributed by atoms with E-state index in [2.05, 4.69) is 30.4 Å². The van der Waals surface area contributed by atoms with E-state index in [1.54, 1.807) is 0 Å². The highest BCUT2D eigenvalue weighted by Crippen LogP contribution is 2.30. The van der Waals surface area contributed by atoms with Crippen LogP contribution in [0.5, 0.6) is 0 Å². The fourth-order valence-electron chi connectivity index (χ4n) is 2.76. The summed E-state index contributed by atoms with van der Waals surface area (Å²) in [6.45, 7) is 3.11. The van der Waals surface area contributed by atoms with Gasteiger partial charge in [-0.05, 0) is 30.2 Å². The summed E-state index contributed by atoms with van der Waals surface area (Å²) < 4.78 is 0. The zero-order chi connectivity index (χ0) is 12.8. The van der Waals surface area contributed by atoms with Gasteiger partial charge >= 0.3 is 0 Å². The molecule has 1 fully saturated rings. The van der Waals surface area contributed by atoms with Gasteiger partial charge in [-0.15, -0.1) is 0 Å². The number of hydrogen-bond donors (Lipinski definition) is 1. The highest BCUT2D eigenvalue weighted by Gasteiger charge is 2.25. The van der Waals surface area contributed by atoms with Gasteiger partial charge < -0.3 is 0 Å². The second-order valence-corrected chi connectivity index (χ2v) is 5.49. The third-order valence-corrected chi connectivity index (χ3v) is 4.04. The second-order valence-electron chi connectivity index (χ2n) is 5.49. The summed E-state index contributed by atoms with van der Waals surface area (Å²) in [5.74, 6) is 1.38. The van der Waals surface area contributed by atoms with Crippen LogP contribution in [0.4, 0.5) is 0 Å². The lowest BCUT2D eigenvalue weighted by Crippen LogP contribution is -2.36. The molecule has 18 heavy (non-hydrogen) atoms. The minimum atomic E-state index is 0.0118. The highest BCUT2D eigenvalue weighted by molar-refractivity contribution is 5.15. The Morgan fingerprint density at radius 2 is 1.89 bits per heavy atom. The van der Waals surface area contributed by atoms with Crippen LogP contribution in [-0.4, -0.2) is 6.04 Å². The summed E-state index contributed by atoms with van der Waals surface area (Å²) in [5, 5.41) is 12.7. The lowest BCUT2D eigenvalue weighted by Gasteiger charge is -2.29. The first-order valence-corrected chi connectivity index (χ1v) is 6.96. The predicted octanol–water partition coefficient (Wildman–Crippen LogP) is 3.49. The molecule has 0 radical (unpaired) electrons. The van der Waals surface area contributed by atoms with E-state index in [9.17, 15) is 5.26 Å². The van der Waals surface area contributed by atoms with Crippen LogP contribution in [0, 0.1) is 23.2 Å². The number of nitrogens with zero attached hydrogens (tertiary/aromatic N) is 1. The molecule has 1 aromatic carbocycles. The minimum absolute atomic E-state index is 0.0118. The van der Waals surface area contributed by atoms with Gasteiger partial charge in [-0.2, -0.15) is 5.26 Å². The van der Waals surface area contributed by atoms with Crippen LogP contribution in [0.25, 0.3) is 0 Å². The summed E-state index contributed by atoms with van der Waals surface area (Å²) in [7, 11) is 0. The smallest absolute Gasteiger partial charge is 0.0984 e. The molecular formula is C16H22N2. The van der Waals surface area contributed by atoms with E-state index in [-0.39, 0.29) is 6.04 Å². The average Bonchev–Trinajstić information content (AvgIpc) is 2.42. The molecule has 0 spiro atoms. The van der Waals surface area contributed by atoms with Crippen molar-refractivity contribution in [2.45, 2.75) is 45.2 Å². The molecule has 0 aliphatic heterocycles. The summed E-state index contributed by atoms with van der Waals surface area (Å²) in [6, 6.07) is 12.8. The Morgan fingerprint density at radius 1 is 1.22 bits per heavy atom. The molecule has 2 heteroatoms. The minimum Gasteiger partial charge on any atom is -0.298 e. The van der Waals surface area contributed by atoms with Crippen molar-refractivity contribution in [2.75, 3.05) is 0 Å². The monoisotopic (exact) mass is 242 g/mol. The molecule has 1 N–H and O–H groups in total. The van der Waals surface area contributed by atoms with Gasteiger partial charge in [-0.25, -0.2) is 0 Å². The van der Waals surface area contributed by atoms with Crippen molar-refractivity contribution in [3.05, 3.63) is 35.9 Å². The first-order valence-electron chi connectivity index (χ1n) is 6.96. The topological polar surface area (TPSA) is 35.8 Å². The average molecular weight is 242 g/mol. The van der Waals surface area contributed by atoms with Crippen molar-refractivity contribution >= 4 is 0 Å². The van der Waals surface area contributed by atoms with Crippen molar-refractivity contribution in [1.29, 1.82) is 5.26 Å². The number of nitriles is 1. The predicted molar refractivity (Wildman–Crippen MR) is 73.8 cm³/mol. The van der Waals surface area contributed by atoms with Crippen molar-refractivity contribution < 1.29 is 0 Å². The first kappa shape index (κ1) is 13.1. The van der Waals surface area contributed by atoms with Crippen molar-refractivity contribution in [1.82, 2.24) is 5.32 Å². The normalized spacial score (nSPS) is 25.3. The van der Waals surface area contributed by atoms with E-state index < -0.39 is 0 Å². The van der Waals surface area contributed by atoms with Crippen LogP contribution in [0.1, 0.15) is 38.2 Å². The fourth-order valence-corrected chi connectivity index (χ4v) is 2.76. The molecule has 0 bridgehead atoms. The molecular weight excluding hydrogens is 220 g/mol. The van der Waals surface area contributed by atoms with E-state index in [0.29, 0.717) is 5.92 Å². The number of nitrogens with one attached hydrogen (secondary N) is 1. The molecule has 2 rings (SSSR count). The Bertz CT molecular complexity index is 385. The van der Waals surface area contributed by atoms with E-state index in [4.69, 9.17) is 0 Å².